The van der Waals surface area contributed by atoms with E-state index in [1.807, 2.05) is 0 Å². The van der Waals surface area contributed by atoms with E-state index < -0.39 is 17.3 Å². The lowest BCUT2D eigenvalue weighted by atomic mass is 10.1. The molecule has 2 rings (SSSR count). The summed E-state index contributed by atoms with van der Waals surface area (Å²) in [7, 11) is 1.67. The second kappa shape index (κ2) is 3.34. The second-order valence-corrected chi connectivity index (χ2v) is 3.16. The van der Waals surface area contributed by atoms with E-state index >= 15 is 0 Å². The fourth-order valence-corrected chi connectivity index (χ4v) is 1.41. The van der Waals surface area contributed by atoms with Crippen molar-refractivity contribution < 1.29 is 8.78 Å². The van der Waals surface area contributed by atoms with Gasteiger partial charge in [0.25, 0.3) is 0 Å². The standard InChI is InChI=1S/C10H9F2N3/c1-15-8(4-5-14-15)6-2-3-7(11)10(13)9(6)12/h2-5H,13H2,1H3. The molecule has 78 valence electrons. The van der Waals surface area contributed by atoms with E-state index in [4.69, 9.17) is 5.73 Å². The number of aryl methyl sites for hydroxylation is 1. The van der Waals surface area contributed by atoms with Crippen LogP contribution >= 0.6 is 0 Å². The normalized spacial score (nSPS) is 10.6. The number of aromatic nitrogens is 2. The smallest absolute Gasteiger partial charge is 0.158 e. The van der Waals surface area contributed by atoms with Gasteiger partial charge in [0, 0.05) is 18.8 Å². The Labute approximate surface area is 85.1 Å². The summed E-state index contributed by atoms with van der Waals surface area (Å²) < 4.78 is 28.0. The van der Waals surface area contributed by atoms with Gasteiger partial charge in [-0.1, -0.05) is 0 Å². The van der Waals surface area contributed by atoms with Gasteiger partial charge in [0.2, 0.25) is 0 Å². The number of rotatable bonds is 1. The van der Waals surface area contributed by atoms with Gasteiger partial charge in [0.1, 0.15) is 11.5 Å². The van der Waals surface area contributed by atoms with Crippen LogP contribution in [0.4, 0.5) is 14.5 Å². The van der Waals surface area contributed by atoms with Gasteiger partial charge in [-0.3, -0.25) is 4.68 Å². The molecule has 0 atom stereocenters. The summed E-state index contributed by atoms with van der Waals surface area (Å²) in [5.41, 5.74) is 5.59. The number of nitrogens with zero attached hydrogens (tertiary/aromatic N) is 2. The zero-order valence-corrected chi connectivity index (χ0v) is 8.04. The van der Waals surface area contributed by atoms with Crippen LogP contribution in [0.15, 0.2) is 24.4 Å². The molecule has 1 aromatic heterocycles. The van der Waals surface area contributed by atoms with Gasteiger partial charge in [-0.2, -0.15) is 5.10 Å². The molecule has 0 fully saturated rings. The van der Waals surface area contributed by atoms with Crippen molar-refractivity contribution in [2.24, 2.45) is 7.05 Å². The maximum Gasteiger partial charge on any atom is 0.158 e. The largest absolute Gasteiger partial charge is 0.394 e. The van der Waals surface area contributed by atoms with Crippen LogP contribution in [-0.2, 0) is 7.05 Å². The van der Waals surface area contributed by atoms with E-state index in [2.05, 4.69) is 5.10 Å². The lowest BCUT2D eigenvalue weighted by Crippen LogP contribution is -2.00. The zero-order valence-electron chi connectivity index (χ0n) is 8.04. The van der Waals surface area contributed by atoms with Crippen LogP contribution < -0.4 is 5.73 Å². The minimum Gasteiger partial charge on any atom is -0.394 e. The Balaban J connectivity index is 2.65. The van der Waals surface area contributed by atoms with Gasteiger partial charge in [-0.05, 0) is 18.2 Å². The molecule has 0 aliphatic carbocycles. The molecule has 0 radical (unpaired) electrons. The highest BCUT2D eigenvalue weighted by Gasteiger charge is 2.14. The number of nitrogens with two attached hydrogens (primary N) is 1. The van der Waals surface area contributed by atoms with Crippen molar-refractivity contribution >= 4 is 5.69 Å². The molecule has 2 N–H and O–H groups in total. The van der Waals surface area contributed by atoms with Crippen molar-refractivity contribution in [3.8, 4) is 11.3 Å². The number of hydrogen-bond acceptors (Lipinski definition) is 2. The maximum atomic E-state index is 13.6. The average Bonchev–Trinajstić information content (AvgIpc) is 2.62. The number of anilines is 1. The summed E-state index contributed by atoms with van der Waals surface area (Å²) in [6, 6.07) is 4.12. The summed E-state index contributed by atoms with van der Waals surface area (Å²) in [5.74, 6) is -1.50. The van der Waals surface area contributed by atoms with Crippen LogP contribution in [0.2, 0.25) is 0 Å². The molecule has 1 heterocycles. The number of nitrogen functional groups attached to an aromatic ring is 1. The molecule has 0 spiro atoms. The Kier molecular flexibility index (Phi) is 2.15. The number of benzene rings is 1. The summed E-state index contributed by atoms with van der Waals surface area (Å²) in [6.07, 6.45) is 1.54. The van der Waals surface area contributed by atoms with Crippen LogP contribution in [-0.4, -0.2) is 9.78 Å². The summed E-state index contributed by atoms with van der Waals surface area (Å²) in [4.78, 5) is 0. The SMILES string of the molecule is Cn1nccc1-c1ccc(F)c(N)c1F. The molecule has 0 bridgehead atoms. The monoisotopic (exact) mass is 209 g/mol. The molecule has 0 unspecified atom stereocenters. The first-order chi connectivity index (χ1) is 7.11. The lowest BCUT2D eigenvalue weighted by Gasteiger charge is -2.06. The quantitative estimate of drug-likeness (QED) is 0.729. The third-order valence-corrected chi connectivity index (χ3v) is 2.22. The van der Waals surface area contributed by atoms with Crippen LogP contribution in [0.1, 0.15) is 0 Å². The van der Waals surface area contributed by atoms with Crippen LogP contribution in [0, 0.1) is 11.6 Å². The predicted molar refractivity (Wildman–Crippen MR) is 53.0 cm³/mol. The molecule has 2 aromatic rings. The second-order valence-electron chi connectivity index (χ2n) is 3.16. The maximum absolute atomic E-state index is 13.6. The first kappa shape index (κ1) is 9.64. The van der Waals surface area contributed by atoms with Crippen molar-refractivity contribution in [3.05, 3.63) is 36.0 Å². The lowest BCUT2D eigenvalue weighted by molar-refractivity contribution is 0.592. The molecule has 0 aliphatic rings. The van der Waals surface area contributed by atoms with Crippen LogP contribution in [0.3, 0.4) is 0 Å². The molecule has 0 saturated heterocycles. The fraction of sp³-hybridized carbons (Fsp3) is 0.100. The van der Waals surface area contributed by atoms with Gasteiger partial charge in [-0.15, -0.1) is 0 Å². The predicted octanol–water partition coefficient (Wildman–Crippen LogP) is 1.95. The van der Waals surface area contributed by atoms with Crippen molar-refractivity contribution in [2.45, 2.75) is 0 Å². The zero-order chi connectivity index (χ0) is 11.0. The molecule has 0 amide bonds. The van der Waals surface area contributed by atoms with Gasteiger partial charge in [-0.25, -0.2) is 8.78 Å². The van der Waals surface area contributed by atoms with E-state index in [9.17, 15) is 8.78 Å². The fourth-order valence-electron chi connectivity index (χ4n) is 1.41. The first-order valence-corrected chi connectivity index (χ1v) is 4.33. The third-order valence-electron chi connectivity index (χ3n) is 2.22. The van der Waals surface area contributed by atoms with E-state index in [0.29, 0.717) is 5.69 Å². The molecular weight excluding hydrogens is 200 g/mol. The molecular formula is C10H9F2N3. The van der Waals surface area contributed by atoms with E-state index in [0.717, 1.165) is 6.07 Å². The van der Waals surface area contributed by atoms with Crippen molar-refractivity contribution in [1.29, 1.82) is 0 Å². The Bertz CT molecular complexity index is 505. The molecule has 0 aliphatic heterocycles. The molecule has 1 aromatic carbocycles. The van der Waals surface area contributed by atoms with Gasteiger partial charge < -0.3 is 5.73 Å². The highest BCUT2D eigenvalue weighted by Crippen LogP contribution is 2.27. The van der Waals surface area contributed by atoms with E-state index in [1.165, 1.54) is 16.9 Å². The van der Waals surface area contributed by atoms with Crippen LogP contribution in [0.5, 0.6) is 0 Å². The van der Waals surface area contributed by atoms with Gasteiger partial charge >= 0.3 is 0 Å². The van der Waals surface area contributed by atoms with Gasteiger partial charge in [0.05, 0.1) is 5.69 Å². The third kappa shape index (κ3) is 1.45. The summed E-state index contributed by atoms with van der Waals surface area (Å²) in [5, 5.41) is 3.90. The Hall–Kier alpha value is -1.91. The molecule has 3 nitrogen and oxygen atoms in total. The summed E-state index contributed by atoms with van der Waals surface area (Å²) in [6.45, 7) is 0. The Morgan fingerprint density at radius 2 is 2.00 bits per heavy atom. The molecule has 5 heteroatoms. The van der Waals surface area contributed by atoms with Gasteiger partial charge in [0.15, 0.2) is 5.82 Å². The molecule has 15 heavy (non-hydrogen) atoms. The number of hydrogen-bond donors (Lipinski definition) is 1. The van der Waals surface area contributed by atoms with Crippen LogP contribution in [0.25, 0.3) is 11.3 Å². The number of halogens is 2. The van der Waals surface area contributed by atoms with Crippen molar-refractivity contribution in [3.63, 3.8) is 0 Å². The average molecular weight is 209 g/mol. The Morgan fingerprint density at radius 3 is 2.60 bits per heavy atom. The van der Waals surface area contributed by atoms with E-state index in [1.54, 1.807) is 13.1 Å². The Morgan fingerprint density at radius 1 is 1.27 bits per heavy atom. The van der Waals surface area contributed by atoms with Crippen molar-refractivity contribution in [1.82, 2.24) is 9.78 Å². The first-order valence-electron chi connectivity index (χ1n) is 4.33. The van der Waals surface area contributed by atoms with Crippen molar-refractivity contribution in [2.75, 3.05) is 5.73 Å². The highest BCUT2D eigenvalue weighted by atomic mass is 19.1. The highest BCUT2D eigenvalue weighted by molar-refractivity contribution is 5.65. The molecule has 0 saturated carbocycles. The minimum absolute atomic E-state index is 0.244. The minimum atomic E-state index is -0.751. The topological polar surface area (TPSA) is 43.8 Å². The summed E-state index contributed by atoms with van der Waals surface area (Å²) >= 11 is 0. The van der Waals surface area contributed by atoms with E-state index in [-0.39, 0.29) is 5.56 Å².